The standard InChI is InChI=1S/C16H14N4O6/c1-25-15-5-3-13(19(21)22)7-11(15)9-17-18-10-12-8-14(20(23)24)4-6-16(12)26-2/h3-10H,1-2H3/b17-9-,18-10-. The van der Waals surface area contributed by atoms with Crippen molar-refractivity contribution < 1.29 is 19.3 Å². The monoisotopic (exact) mass is 358 g/mol. The number of hydrogen-bond acceptors (Lipinski definition) is 8. The average Bonchev–Trinajstić information content (AvgIpc) is 2.64. The molecule has 26 heavy (non-hydrogen) atoms. The molecule has 10 heteroatoms. The molecule has 0 radical (unpaired) electrons. The first-order chi connectivity index (χ1) is 12.5. The fourth-order valence-electron chi connectivity index (χ4n) is 2.06. The van der Waals surface area contributed by atoms with Crippen molar-refractivity contribution in [2.45, 2.75) is 0 Å². The van der Waals surface area contributed by atoms with Crippen LogP contribution in [-0.4, -0.2) is 36.5 Å². The molecule has 134 valence electrons. The van der Waals surface area contributed by atoms with Crippen molar-refractivity contribution >= 4 is 23.8 Å². The van der Waals surface area contributed by atoms with Crippen molar-refractivity contribution in [1.29, 1.82) is 0 Å². The zero-order chi connectivity index (χ0) is 19.1. The molecular weight excluding hydrogens is 344 g/mol. The summed E-state index contributed by atoms with van der Waals surface area (Å²) in [7, 11) is 2.85. The van der Waals surface area contributed by atoms with Gasteiger partial charge in [0.25, 0.3) is 11.4 Å². The van der Waals surface area contributed by atoms with Crippen LogP contribution < -0.4 is 9.47 Å². The minimum atomic E-state index is -0.534. The lowest BCUT2D eigenvalue weighted by molar-refractivity contribution is -0.385. The lowest BCUT2D eigenvalue weighted by atomic mass is 10.2. The molecule has 0 aliphatic carbocycles. The van der Waals surface area contributed by atoms with Crippen molar-refractivity contribution in [1.82, 2.24) is 0 Å². The Bertz CT molecular complexity index is 821. The van der Waals surface area contributed by atoms with E-state index in [1.807, 2.05) is 0 Å². The van der Waals surface area contributed by atoms with Gasteiger partial charge in [-0.1, -0.05) is 0 Å². The Morgan fingerprint density at radius 3 is 1.50 bits per heavy atom. The minimum Gasteiger partial charge on any atom is -0.496 e. The van der Waals surface area contributed by atoms with Crippen LogP contribution in [0.5, 0.6) is 11.5 Å². The summed E-state index contributed by atoms with van der Waals surface area (Å²) in [5.74, 6) is 0.782. The second kappa shape index (κ2) is 8.33. The third-order valence-corrected chi connectivity index (χ3v) is 3.31. The van der Waals surface area contributed by atoms with Gasteiger partial charge in [-0.15, -0.1) is 0 Å². The van der Waals surface area contributed by atoms with Crippen LogP contribution in [0.15, 0.2) is 46.6 Å². The van der Waals surface area contributed by atoms with Crippen LogP contribution in [0.25, 0.3) is 0 Å². The van der Waals surface area contributed by atoms with Gasteiger partial charge in [0, 0.05) is 35.4 Å². The topological polar surface area (TPSA) is 129 Å². The normalized spacial score (nSPS) is 11.0. The van der Waals surface area contributed by atoms with E-state index in [9.17, 15) is 20.2 Å². The fourth-order valence-corrected chi connectivity index (χ4v) is 2.06. The first-order valence-electron chi connectivity index (χ1n) is 7.17. The molecule has 0 saturated heterocycles. The van der Waals surface area contributed by atoms with Gasteiger partial charge < -0.3 is 9.47 Å². The van der Waals surface area contributed by atoms with E-state index in [0.717, 1.165) is 0 Å². The summed E-state index contributed by atoms with van der Waals surface area (Å²) < 4.78 is 10.2. The van der Waals surface area contributed by atoms with Gasteiger partial charge in [-0.25, -0.2) is 0 Å². The number of rotatable bonds is 7. The number of nitrogens with zero attached hydrogens (tertiary/aromatic N) is 4. The molecule has 0 spiro atoms. The van der Waals surface area contributed by atoms with Crippen molar-refractivity contribution in [3.05, 3.63) is 67.8 Å². The maximum atomic E-state index is 10.8. The maximum Gasteiger partial charge on any atom is 0.270 e. The predicted octanol–water partition coefficient (Wildman–Crippen LogP) is 2.97. The van der Waals surface area contributed by atoms with Crippen LogP contribution >= 0.6 is 0 Å². The third-order valence-electron chi connectivity index (χ3n) is 3.31. The summed E-state index contributed by atoms with van der Waals surface area (Å²) >= 11 is 0. The molecule has 2 aromatic rings. The highest BCUT2D eigenvalue weighted by atomic mass is 16.6. The fraction of sp³-hybridized carbons (Fsp3) is 0.125. The Hall–Kier alpha value is -3.82. The zero-order valence-electron chi connectivity index (χ0n) is 13.9. The zero-order valence-corrected chi connectivity index (χ0v) is 13.9. The highest BCUT2D eigenvalue weighted by Crippen LogP contribution is 2.23. The first kappa shape index (κ1) is 18.5. The largest absolute Gasteiger partial charge is 0.496 e. The number of hydrogen-bond donors (Lipinski definition) is 0. The molecule has 0 unspecified atom stereocenters. The lowest BCUT2D eigenvalue weighted by Gasteiger charge is -2.03. The van der Waals surface area contributed by atoms with E-state index in [1.165, 1.54) is 63.0 Å². The van der Waals surface area contributed by atoms with Crippen molar-refractivity contribution in [2.24, 2.45) is 10.2 Å². The van der Waals surface area contributed by atoms with E-state index in [-0.39, 0.29) is 11.4 Å². The number of benzene rings is 2. The summed E-state index contributed by atoms with van der Waals surface area (Å²) in [5.41, 5.74) is 0.503. The lowest BCUT2D eigenvalue weighted by Crippen LogP contribution is -1.95. The van der Waals surface area contributed by atoms with Crippen LogP contribution in [-0.2, 0) is 0 Å². The Labute approximate surface area is 147 Å². The van der Waals surface area contributed by atoms with E-state index in [2.05, 4.69) is 10.2 Å². The molecule has 0 amide bonds. The smallest absolute Gasteiger partial charge is 0.270 e. The van der Waals surface area contributed by atoms with Gasteiger partial charge >= 0.3 is 0 Å². The first-order valence-corrected chi connectivity index (χ1v) is 7.17. The van der Waals surface area contributed by atoms with Crippen molar-refractivity contribution in [2.75, 3.05) is 14.2 Å². The third kappa shape index (κ3) is 4.38. The molecule has 0 aromatic heterocycles. The quantitative estimate of drug-likeness (QED) is 0.425. The molecule has 0 aliphatic rings. The minimum absolute atomic E-state index is 0.114. The molecule has 0 fully saturated rings. The van der Waals surface area contributed by atoms with Gasteiger partial charge in [0.1, 0.15) is 11.5 Å². The van der Waals surface area contributed by atoms with E-state index in [4.69, 9.17) is 9.47 Å². The van der Waals surface area contributed by atoms with E-state index in [0.29, 0.717) is 22.6 Å². The van der Waals surface area contributed by atoms with Crippen LogP contribution in [0, 0.1) is 20.2 Å². The van der Waals surface area contributed by atoms with Gasteiger partial charge in [-0.2, -0.15) is 10.2 Å². The molecule has 0 N–H and O–H groups in total. The second-order valence-electron chi connectivity index (χ2n) is 4.86. The molecule has 10 nitrogen and oxygen atoms in total. The SMILES string of the molecule is COc1ccc([N+](=O)[O-])cc1/C=N\N=C/c1cc([N+](=O)[O-])ccc1OC. The summed E-state index contributed by atoms with van der Waals surface area (Å²) in [5, 5.41) is 29.3. The van der Waals surface area contributed by atoms with Crippen LogP contribution in [0.2, 0.25) is 0 Å². The number of non-ortho nitro benzene ring substituents is 2. The number of nitro groups is 2. The van der Waals surface area contributed by atoms with Gasteiger partial charge in [-0.3, -0.25) is 20.2 Å². The molecule has 2 rings (SSSR count). The van der Waals surface area contributed by atoms with Crippen LogP contribution in [0.3, 0.4) is 0 Å². The Morgan fingerprint density at radius 2 is 1.19 bits per heavy atom. The molecule has 0 aliphatic heterocycles. The molecule has 0 atom stereocenters. The molecule has 0 heterocycles. The van der Waals surface area contributed by atoms with Crippen molar-refractivity contribution in [3.63, 3.8) is 0 Å². The molecule has 0 bridgehead atoms. The van der Waals surface area contributed by atoms with E-state index >= 15 is 0 Å². The molecule has 2 aromatic carbocycles. The predicted molar refractivity (Wildman–Crippen MR) is 94.5 cm³/mol. The Kier molecular flexibility index (Phi) is 5.93. The van der Waals surface area contributed by atoms with Crippen molar-refractivity contribution in [3.8, 4) is 11.5 Å². The highest BCUT2D eigenvalue weighted by molar-refractivity contribution is 5.87. The number of ether oxygens (including phenoxy) is 2. The molecular formula is C16H14N4O6. The summed E-state index contributed by atoms with van der Waals surface area (Å²) in [6.07, 6.45) is 2.57. The highest BCUT2D eigenvalue weighted by Gasteiger charge is 2.11. The average molecular weight is 358 g/mol. The van der Waals surface area contributed by atoms with Gasteiger partial charge in [-0.05, 0) is 12.1 Å². The van der Waals surface area contributed by atoms with E-state index < -0.39 is 9.85 Å². The summed E-state index contributed by atoms with van der Waals surface area (Å²) in [6, 6.07) is 8.12. The van der Waals surface area contributed by atoms with Crippen LogP contribution in [0.4, 0.5) is 11.4 Å². The Morgan fingerprint density at radius 1 is 0.808 bits per heavy atom. The van der Waals surface area contributed by atoms with Gasteiger partial charge in [0.05, 0.1) is 36.5 Å². The number of nitro benzene ring substituents is 2. The van der Waals surface area contributed by atoms with E-state index in [1.54, 1.807) is 0 Å². The summed E-state index contributed by atoms with van der Waals surface area (Å²) in [6.45, 7) is 0. The van der Waals surface area contributed by atoms with Gasteiger partial charge in [0.15, 0.2) is 0 Å². The van der Waals surface area contributed by atoms with Gasteiger partial charge in [0.2, 0.25) is 0 Å². The second-order valence-corrected chi connectivity index (χ2v) is 4.86. The Balaban J connectivity index is 2.28. The summed E-state index contributed by atoms with van der Waals surface area (Å²) in [4.78, 5) is 20.6. The molecule has 0 saturated carbocycles. The number of methoxy groups -OCH3 is 2. The van der Waals surface area contributed by atoms with Crippen LogP contribution in [0.1, 0.15) is 11.1 Å². The maximum absolute atomic E-state index is 10.8.